The van der Waals surface area contributed by atoms with Crippen molar-refractivity contribution in [2.24, 2.45) is 0 Å². The first-order chi connectivity index (χ1) is 9.67. The second-order valence-corrected chi connectivity index (χ2v) is 5.49. The fourth-order valence-corrected chi connectivity index (χ4v) is 2.63. The van der Waals surface area contributed by atoms with Crippen LogP contribution in [0.5, 0.6) is 0 Å². The van der Waals surface area contributed by atoms with Crippen molar-refractivity contribution in [2.45, 2.75) is 20.4 Å². The zero-order valence-corrected chi connectivity index (χ0v) is 12.6. The SMILES string of the molecule is CCNC(=O)CN1CCN(Cc2cccc(C)c2)CC1. The van der Waals surface area contributed by atoms with Gasteiger partial charge in [0.25, 0.3) is 0 Å². The molecule has 1 amide bonds. The molecule has 0 spiro atoms. The number of likely N-dealkylation sites (N-methyl/N-ethyl adjacent to an activating group) is 1. The van der Waals surface area contributed by atoms with E-state index in [1.54, 1.807) is 0 Å². The lowest BCUT2D eigenvalue weighted by Crippen LogP contribution is -2.49. The molecule has 1 heterocycles. The first-order valence-corrected chi connectivity index (χ1v) is 7.44. The normalized spacial score (nSPS) is 17.1. The third kappa shape index (κ3) is 4.62. The van der Waals surface area contributed by atoms with Gasteiger partial charge in [-0.3, -0.25) is 14.6 Å². The number of aryl methyl sites for hydroxylation is 1. The Hall–Kier alpha value is -1.39. The van der Waals surface area contributed by atoms with Gasteiger partial charge in [-0.2, -0.15) is 0 Å². The zero-order valence-electron chi connectivity index (χ0n) is 12.6. The van der Waals surface area contributed by atoms with Gasteiger partial charge in [-0.25, -0.2) is 0 Å². The summed E-state index contributed by atoms with van der Waals surface area (Å²) in [7, 11) is 0. The summed E-state index contributed by atoms with van der Waals surface area (Å²) in [6.07, 6.45) is 0. The summed E-state index contributed by atoms with van der Waals surface area (Å²) in [6.45, 7) is 10.4. The molecule has 0 radical (unpaired) electrons. The van der Waals surface area contributed by atoms with E-state index < -0.39 is 0 Å². The Morgan fingerprint density at radius 1 is 1.20 bits per heavy atom. The van der Waals surface area contributed by atoms with E-state index in [1.165, 1.54) is 11.1 Å². The molecule has 2 rings (SSSR count). The predicted octanol–water partition coefficient (Wildman–Crippen LogP) is 1.25. The van der Waals surface area contributed by atoms with Gasteiger partial charge in [-0.15, -0.1) is 0 Å². The number of benzene rings is 1. The number of rotatable bonds is 5. The van der Waals surface area contributed by atoms with Gasteiger partial charge in [0.15, 0.2) is 0 Å². The minimum absolute atomic E-state index is 0.139. The molecule has 0 bridgehead atoms. The van der Waals surface area contributed by atoms with Crippen molar-refractivity contribution in [3.8, 4) is 0 Å². The predicted molar refractivity (Wildman–Crippen MR) is 81.6 cm³/mol. The van der Waals surface area contributed by atoms with Crippen molar-refractivity contribution >= 4 is 5.91 Å². The van der Waals surface area contributed by atoms with Crippen LogP contribution in [0.25, 0.3) is 0 Å². The number of carbonyl (C=O) groups excluding carboxylic acids is 1. The monoisotopic (exact) mass is 275 g/mol. The standard InChI is InChI=1S/C16H25N3O/c1-3-17-16(20)13-19-9-7-18(8-10-19)12-15-6-4-5-14(2)11-15/h4-6,11H,3,7-10,12-13H2,1-2H3,(H,17,20). The van der Waals surface area contributed by atoms with Crippen LogP contribution in [0.3, 0.4) is 0 Å². The van der Waals surface area contributed by atoms with Gasteiger partial charge in [-0.05, 0) is 19.4 Å². The molecule has 20 heavy (non-hydrogen) atoms. The molecule has 1 aliphatic rings. The Bertz CT molecular complexity index is 439. The fourth-order valence-electron chi connectivity index (χ4n) is 2.63. The average Bonchev–Trinajstić information content (AvgIpc) is 2.41. The minimum Gasteiger partial charge on any atom is -0.355 e. The van der Waals surface area contributed by atoms with E-state index >= 15 is 0 Å². The molecule has 4 heteroatoms. The van der Waals surface area contributed by atoms with Gasteiger partial charge in [0.2, 0.25) is 5.91 Å². The van der Waals surface area contributed by atoms with E-state index in [0.29, 0.717) is 13.1 Å². The molecule has 0 unspecified atom stereocenters. The van der Waals surface area contributed by atoms with Crippen LogP contribution in [0.15, 0.2) is 24.3 Å². The van der Waals surface area contributed by atoms with E-state index in [2.05, 4.69) is 46.3 Å². The van der Waals surface area contributed by atoms with Crippen LogP contribution in [0, 0.1) is 6.92 Å². The van der Waals surface area contributed by atoms with Gasteiger partial charge in [-0.1, -0.05) is 29.8 Å². The Balaban J connectivity index is 1.75. The molecule has 1 aliphatic heterocycles. The van der Waals surface area contributed by atoms with Crippen molar-refractivity contribution in [3.05, 3.63) is 35.4 Å². The van der Waals surface area contributed by atoms with Crippen molar-refractivity contribution in [1.29, 1.82) is 0 Å². The number of nitrogens with one attached hydrogen (secondary N) is 1. The van der Waals surface area contributed by atoms with Gasteiger partial charge >= 0.3 is 0 Å². The Morgan fingerprint density at radius 2 is 1.90 bits per heavy atom. The summed E-state index contributed by atoms with van der Waals surface area (Å²) in [5, 5.41) is 2.86. The number of hydrogen-bond acceptors (Lipinski definition) is 3. The number of hydrogen-bond donors (Lipinski definition) is 1. The maximum Gasteiger partial charge on any atom is 0.234 e. The smallest absolute Gasteiger partial charge is 0.234 e. The Morgan fingerprint density at radius 3 is 2.55 bits per heavy atom. The summed E-state index contributed by atoms with van der Waals surface area (Å²) in [5.41, 5.74) is 2.69. The van der Waals surface area contributed by atoms with Crippen LogP contribution >= 0.6 is 0 Å². The molecule has 1 saturated heterocycles. The highest BCUT2D eigenvalue weighted by Gasteiger charge is 2.18. The molecule has 1 aromatic rings. The average molecular weight is 275 g/mol. The quantitative estimate of drug-likeness (QED) is 0.878. The van der Waals surface area contributed by atoms with Gasteiger partial charge in [0.1, 0.15) is 0 Å². The maximum atomic E-state index is 11.6. The number of piperazine rings is 1. The lowest BCUT2D eigenvalue weighted by molar-refractivity contribution is -0.122. The summed E-state index contributed by atoms with van der Waals surface area (Å²) < 4.78 is 0. The van der Waals surface area contributed by atoms with Crippen molar-refractivity contribution in [2.75, 3.05) is 39.3 Å². The number of amides is 1. The molecule has 0 aromatic heterocycles. The second kappa shape index (κ2) is 7.41. The molecule has 0 atom stereocenters. The van der Waals surface area contributed by atoms with Crippen molar-refractivity contribution in [1.82, 2.24) is 15.1 Å². The van der Waals surface area contributed by atoms with Crippen LogP contribution in [0.2, 0.25) is 0 Å². The largest absolute Gasteiger partial charge is 0.355 e. The van der Waals surface area contributed by atoms with E-state index in [1.807, 2.05) is 6.92 Å². The Kier molecular flexibility index (Phi) is 5.56. The molecule has 4 nitrogen and oxygen atoms in total. The Labute approximate surface area is 121 Å². The van der Waals surface area contributed by atoms with Crippen LogP contribution in [0.4, 0.5) is 0 Å². The van der Waals surface area contributed by atoms with Gasteiger partial charge in [0.05, 0.1) is 6.54 Å². The molecular weight excluding hydrogens is 250 g/mol. The summed E-state index contributed by atoms with van der Waals surface area (Å²) in [4.78, 5) is 16.3. The first kappa shape index (κ1) is 15.0. The van der Waals surface area contributed by atoms with Crippen LogP contribution in [-0.4, -0.2) is 55.0 Å². The van der Waals surface area contributed by atoms with E-state index in [-0.39, 0.29) is 5.91 Å². The van der Waals surface area contributed by atoms with E-state index in [4.69, 9.17) is 0 Å². The highest BCUT2D eigenvalue weighted by molar-refractivity contribution is 5.77. The molecule has 1 N–H and O–H groups in total. The molecule has 110 valence electrons. The molecule has 1 fully saturated rings. The van der Waals surface area contributed by atoms with Crippen LogP contribution in [-0.2, 0) is 11.3 Å². The third-order valence-electron chi connectivity index (χ3n) is 3.69. The van der Waals surface area contributed by atoms with E-state index in [9.17, 15) is 4.79 Å². The van der Waals surface area contributed by atoms with Crippen LogP contribution in [0.1, 0.15) is 18.1 Å². The molecular formula is C16H25N3O. The lowest BCUT2D eigenvalue weighted by atomic mass is 10.1. The van der Waals surface area contributed by atoms with Gasteiger partial charge in [0, 0.05) is 39.3 Å². The lowest BCUT2D eigenvalue weighted by Gasteiger charge is -2.34. The second-order valence-electron chi connectivity index (χ2n) is 5.49. The van der Waals surface area contributed by atoms with Crippen molar-refractivity contribution in [3.63, 3.8) is 0 Å². The summed E-state index contributed by atoms with van der Waals surface area (Å²) in [5.74, 6) is 0.139. The van der Waals surface area contributed by atoms with Gasteiger partial charge < -0.3 is 5.32 Å². The highest BCUT2D eigenvalue weighted by Crippen LogP contribution is 2.10. The number of nitrogens with zero attached hydrogens (tertiary/aromatic N) is 2. The number of carbonyl (C=O) groups is 1. The third-order valence-corrected chi connectivity index (χ3v) is 3.69. The molecule has 1 aromatic carbocycles. The minimum atomic E-state index is 0.139. The molecule has 0 saturated carbocycles. The molecule has 0 aliphatic carbocycles. The fraction of sp³-hybridized carbons (Fsp3) is 0.562. The first-order valence-electron chi connectivity index (χ1n) is 7.44. The van der Waals surface area contributed by atoms with Crippen molar-refractivity contribution < 1.29 is 4.79 Å². The van der Waals surface area contributed by atoms with E-state index in [0.717, 1.165) is 32.7 Å². The highest BCUT2D eigenvalue weighted by atomic mass is 16.2. The summed E-state index contributed by atoms with van der Waals surface area (Å²) >= 11 is 0. The topological polar surface area (TPSA) is 35.6 Å². The zero-order chi connectivity index (χ0) is 14.4. The maximum absolute atomic E-state index is 11.6. The summed E-state index contributed by atoms with van der Waals surface area (Å²) in [6, 6.07) is 8.69. The van der Waals surface area contributed by atoms with Crippen LogP contribution < -0.4 is 5.32 Å².